The Kier molecular flexibility index (Phi) is 4.79. The molecule has 2 unspecified atom stereocenters. The molecule has 1 amide bonds. The molecule has 33 heavy (non-hydrogen) atoms. The summed E-state index contributed by atoms with van der Waals surface area (Å²) in [6, 6.07) is 14.9. The van der Waals surface area contributed by atoms with Crippen molar-refractivity contribution in [2.75, 3.05) is 13.3 Å². The van der Waals surface area contributed by atoms with Gasteiger partial charge in [0.1, 0.15) is 0 Å². The summed E-state index contributed by atoms with van der Waals surface area (Å²) in [6.45, 7) is 12.5. The minimum atomic E-state index is -1.73. The third kappa shape index (κ3) is 3.13. The molecule has 2 fully saturated rings. The van der Waals surface area contributed by atoms with Crippen molar-refractivity contribution in [2.45, 2.75) is 60.1 Å². The highest BCUT2D eigenvalue weighted by Crippen LogP contribution is 2.65. The first-order chi connectivity index (χ1) is 15.8. The van der Waals surface area contributed by atoms with E-state index in [1.54, 1.807) is 0 Å². The molecule has 1 aliphatic carbocycles. The molecule has 4 atom stereocenters. The van der Waals surface area contributed by atoms with Gasteiger partial charge in [0.2, 0.25) is 12.7 Å². The Labute approximate surface area is 201 Å². The molecule has 0 bridgehead atoms. The van der Waals surface area contributed by atoms with Gasteiger partial charge in [0.05, 0.1) is 18.9 Å². The van der Waals surface area contributed by atoms with Gasteiger partial charge < -0.3 is 14.4 Å². The van der Waals surface area contributed by atoms with Crippen molar-refractivity contribution in [3.8, 4) is 11.5 Å². The third-order valence-corrected chi connectivity index (χ3v) is 11.8. The number of benzene rings is 2. The minimum absolute atomic E-state index is 0.143. The normalized spacial score (nSPS) is 30.2. The molecule has 2 aromatic carbocycles. The van der Waals surface area contributed by atoms with Crippen LogP contribution in [0.3, 0.4) is 0 Å². The van der Waals surface area contributed by atoms with Gasteiger partial charge in [0, 0.05) is 17.0 Å². The fourth-order valence-electron chi connectivity index (χ4n) is 6.77. The number of fused-ring (bicyclic) bond motifs is 2. The van der Waals surface area contributed by atoms with Gasteiger partial charge in [-0.25, -0.2) is 0 Å². The largest absolute Gasteiger partial charge is 0.454 e. The molecular formula is C27H31NO3SSi. The molecule has 6 rings (SSSR count). The van der Waals surface area contributed by atoms with Crippen LogP contribution in [0.4, 0.5) is 0 Å². The molecular weight excluding hydrogens is 446 g/mol. The summed E-state index contributed by atoms with van der Waals surface area (Å²) >= 11 is 1.85. The number of rotatable bonds is 3. The number of ether oxygens (including phenoxy) is 2. The summed E-state index contributed by atoms with van der Waals surface area (Å²) in [5.74, 6) is 2.35. The van der Waals surface area contributed by atoms with E-state index in [-0.39, 0.29) is 23.1 Å². The zero-order valence-electron chi connectivity index (χ0n) is 19.6. The number of hydrogen-bond donors (Lipinski definition) is 0. The van der Waals surface area contributed by atoms with Crippen LogP contribution in [-0.2, 0) is 10.3 Å². The molecule has 3 heterocycles. The predicted molar refractivity (Wildman–Crippen MR) is 135 cm³/mol. The van der Waals surface area contributed by atoms with Crippen LogP contribution in [0.5, 0.6) is 11.5 Å². The van der Waals surface area contributed by atoms with Crippen LogP contribution in [0, 0.1) is 5.92 Å². The van der Waals surface area contributed by atoms with Gasteiger partial charge in [0.25, 0.3) is 0 Å². The van der Waals surface area contributed by atoms with Crippen molar-refractivity contribution >= 4 is 25.7 Å². The lowest BCUT2D eigenvalue weighted by atomic mass is 9.65. The van der Waals surface area contributed by atoms with E-state index in [2.05, 4.69) is 67.5 Å². The number of hydrogen-bond acceptors (Lipinski definition) is 4. The van der Waals surface area contributed by atoms with Crippen molar-refractivity contribution in [1.82, 2.24) is 4.90 Å². The monoisotopic (exact) mass is 477 g/mol. The van der Waals surface area contributed by atoms with Gasteiger partial charge in [-0.3, -0.25) is 4.79 Å². The predicted octanol–water partition coefficient (Wildman–Crippen LogP) is 6.36. The minimum Gasteiger partial charge on any atom is -0.454 e. The Morgan fingerprint density at radius 2 is 1.85 bits per heavy atom. The molecule has 172 valence electrons. The quantitative estimate of drug-likeness (QED) is 0.381. The lowest BCUT2D eigenvalue weighted by molar-refractivity contribution is -0.132. The zero-order valence-corrected chi connectivity index (χ0v) is 21.4. The Balaban J connectivity index is 1.56. The maximum Gasteiger partial charge on any atom is 0.231 e. The first-order valence-electron chi connectivity index (χ1n) is 11.9. The molecule has 0 aromatic heterocycles. The number of amides is 1. The van der Waals surface area contributed by atoms with E-state index >= 15 is 0 Å². The van der Waals surface area contributed by atoms with Crippen molar-refractivity contribution in [1.29, 1.82) is 0 Å². The zero-order chi connectivity index (χ0) is 23.0. The van der Waals surface area contributed by atoms with Gasteiger partial charge in [0.15, 0.2) is 11.5 Å². The van der Waals surface area contributed by atoms with E-state index in [4.69, 9.17) is 9.47 Å². The Hall–Kier alpha value is -2.18. The lowest BCUT2D eigenvalue weighted by Gasteiger charge is -2.52. The summed E-state index contributed by atoms with van der Waals surface area (Å²) in [7, 11) is -1.73. The van der Waals surface area contributed by atoms with Gasteiger partial charge in [-0.05, 0) is 60.6 Å². The average Bonchev–Trinajstić information content (AvgIpc) is 3.33. The Morgan fingerprint density at radius 3 is 2.58 bits per heavy atom. The molecule has 0 N–H and O–H groups in total. The number of thioether (sulfide) groups is 1. The van der Waals surface area contributed by atoms with E-state index in [9.17, 15) is 4.79 Å². The van der Waals surface area contributed by atoms with Crippen molar-refractivity contribution in [3.05, 3.63) is 65.7 Å². The second kappa shape index (κ2) is 7.41. The van der Waals surface area contributed by atoms with Crippen LogP contribution in [0.1, 0.15) is 35.6 Å². The molecule has 4 nitrogen and oxygen atoms in total. The summed E-state index contributed by atoms with van der Waals surface area (Å²) < 4.78 is 11.6. The summed E-state index contributed by atoms with van der Waals surface area (Å²) in [4.78, 5) is 17.7. The van der Waals surface area contributed by atoms with Gasteiger partial charge in [-0.2, -0.15) is 0 Å². The fraction of sp³-hybridized carbons (Fsp3) is 0.444. The van der Waals surface area contributed by atoms with E-state index in [0.29, 0.717) is 11.8 Å². The number of nitrogens with zero attached hydrogens (tertiary/aromatic N) is 1. The molecule has 1 spiro atoms. The summed E-state index contributed by atoms with van der Waals surface area (Å²) in [6.07, 6.45) is 2.93. The highest BCUT2D eigenvalue weighted by Gasteiger charge is 2.65. The molecule has 2 aromatic rings. The second-order valence-electron chi connectivity index (χ2n) is 11.0. The van der Waals surface area contributed by atoms with E-state index in [1.807, 2.05) is 17.8 Å². The smallest absolute Gasteiger partial charge is 0.231 e. The average molecular weight is 478 g/mol. The van der Waals surface area contributed by atoms with Crippen LogP contribution in [0.15, 0.2) is 59.5 Å². The highest BCUT2D eigenvalue weighted by atomic mass is 32.2. The Morgan fingerprint density at radius 1 is 1.12 bits per heavy atom. The first-order valence-corrected chi connectivity index (χ1v) is 16.4. The van der Waals surface area contributed by atoms with E-state index in [1.165, 1.54) is 21.6 Å². The highest BCUT2D eigenvalue weighted by molar-refractivity contribution is 7.99. The SMILES string of the molecule is C=C1CC[C@@H]2C([Si](C)(C)C)C(=O)N3CC(Sc4ccccc4)c4cc5c(cc4[C@@]23C1)OCO5. The first kappa shape index (κ1) is 21.4. The second-order valence-corrected chi connectivity index (χ2v) is 17.6. The van der Waals surface area contributed by atoms with Gasteiger partial charge in [-0.1, -0.05) is 50.0 Å². The van der Waals surface area contributed by atoms with Crippen LogP contribution < -0.4 is 9.47 Å². The summed E-state index contributed by atoms with van der Waals surface area (Å²) in [5, 5.41) is 0.155. The topological polar surface area (TPSA) is 38.8 Å². The number of carbonyl (C=O) groups excluding carboxylic acids is 1. The fourth-order valence-corrected chi connectivity index (χ4v) is 10.5. The van der Waals surface area contributed by atoms with Crippen LogP contribution in [0.2, 0.25) is 25.2 Å². The number of carbonyl (C=O) groups is 1. The maximum absolute atomic E-state index is 14.2. The van der Waals surface area contributed by atoms with Gasteiger partial charge in [-0.15, -0.1) is 11.8 Å². The van der Waals surface area contributed by atoms with E-state index < -0.39 is 8.07 Å². The molecule has 1 saturated carbocycles. The Bertz CT molecular complexity index is 1140. The van der Waals surface area contributed by atoms with Crippen LogP contribution in [0.25, 0.3) is 0 Å². The molecule has 1 saturated heterocycles. The standard InChI is InChI=1S/C27H31NO3SSi/c1-17-10-11-20-25(33(2,3)4)26(29)28-15-24(32-18-8-6-5-7-9-18)19-12-22-23(31-16-30-22)13-21(19)27(20,28)14-17/h5-9,12-13,20,24-25H,1,10-11,14-16H2,2-4H3/t20-,24?,25?,27-/m1/s1. The molecule has 0 radical (unpaired) electrons. The van der Waals surface area contributed by atoms with E-state index in [0.717, 1.165) is 37.3 Å². The maximum atomic E-state index is 14.2. The lowest BCUT2D eigenvalue weighted by Crippen LogP contribution is -2.53. The van der Waals surface area contributed by atoms with Crippen LogP contribution >= 0.6 is 11.8 Å². The summed E-state index contributed by atoms with van der Waals surface area (Å²) in [5.41, 5.74) is 3.67. The van der Waals surface area contributed by atoms with Crippen molar-refractivity contribution < 1.29 is 14.3 Å². The van der Waals surface area contributed by atoms with Crippen molar-refractivity contribution in [2.24, 2.45) is 5.92 Å². The third-order valence-electron chi connectivity index (χ3n) is 8.02. The molecule has 6 heteroatoms. The molecule has 3 aliphatic heterocycles. The van der Waals surface area contributed by atoms with Crippen molar-refractivity contribution in [3.63, 3.8) is 0 Å². The molecule has 4 aliphatic rings. The van der Waals surface area contributed by atoms with Gasteiger partial charge >= 0.3 is 0 Å². The van der Waals surface area contributed by atoms with Crippen LogP contribution in [-0.4, -0.2) is 32.2 Å².